The number of nitrogens with one attached hydrogen (secondary N) is 3. The summed E-state index contributed by atoms with van der Waals surface area (Å²) in [6.07, 6.45) is 0.977. The number of nitrogens with zero attached hydrogens (tertiary/aromatic N) is 1. The summed E-state index contributed by atoms with van der Waals surface area (Å²) < 4.78 is 0. The predicted molar refractivity (Wildman–Crippen MR) is 116 cm³/mol. The maximum atomic E-state index is 11.9. The third-order valence-corrected chi connectivity index (χ3v) is 4.39. The normalized spacial score (nSPS) is 10.7. The molecule has 1 amide bonds. The zero-order chi connectivity index (χ0) is 17.2. The van der Waals surface area contributed by atoms with Crippen molar-refractivity contribution in [3.8, 4) is 0 Å². The van der Waals surface area contributed by atoms with Crippen LogP contribution in [0, 0.1) is 0 Å². The summed E-state index contributed by atoms with van der Waals surface area (Å²) in [5.41, 5.74) is 1.72. The van der Waals surface area contributed by atoms with Crippen molar-refractivity contribution in [1.29, 1.82) is 0 Å². The topological polar surface area (TPSA) is 65.5 Å². The summed E-state index contributed by atoms with van der Waals surface area (Å²) in [6.45, 7) is 3.99. The summed E-state index contributed by atoms with van der Waals surface area (Å²) in [5, 5.41) is 11.5. The Morgan fingerprint density at radius 3 is 2.68 bits per heavy atom. The first-order chi connectivity index (χ1) is 11.7. The van der Waals surface area contributed by atoms with Crippen LogP contribution in [0.5, 0.6) is 0 Å². The average molecular weight is 472 g/mol. The van der Waals surface area contributed by atoms with Gasteiger partial charge in [0.2, 0.25) is 0 Å². The molecule has 0 atom stereocenters. The first-order valence-electron chi connectivity index (χ1n) is 8.07. The minimum Gasteiger partial charge on any atom is -0.356 e. The number of halogens is 1. The molecule has 0 saturated heterocycles. The van der Waals surface area contributed by atoms with Crippen molar-refractivity contribution < 1.29 is 4.79 Å². The Hall–Kier alpha value is -1.61. The smallest absolute Gasteiger partial charge is 0.251 e. The van der Waals surface area contributed by atoms with E-state index in [1.165, 1.54) is 4.88 Å². The molecule has 0 fully saturated rings. The van der Waals surface area contributed by atoms with E-state index >= 15 is 0 Å². The van der Waals surface area contributed by atoms with Crippen LogP contribution in [-0.4, -0.2) is 32.0 Å². The van der Waals surface area contributed by atoms with Crippen LogP contribution >= 0.6 is 35.3 Å². The molecule has 2 aromatic rings. The van der Waals surface area contributed by atoms with Crippen LogP contribution in [0.15, 0.2) is 46.8 Å². The molecule has 1 aromatic heterocycles. The molecule has 0 spiro atoms. The molecule has 0 saturated carbocycles. The van der Waals surface area contributed by atoms with E-state index in [0.717, 1.165) is 24.5 Å². The van der Waals surface area contributed by atoms with E-state index in [-0.39, 0.29) is 29.9 Å². The van der Waals surface area contributed by atoms with Crippen LogP contribution in [0.25, 0.3) is 0 Å². The van der Waals surface area contributed by atoms with E-state index in [1.807, 2.05) is 31.2 Å². The van der Waals surface area contributed by atoms with E-state index in [4.69, 9.17) is 0 Å². The molecule has 7 heteroatoms. The van der Waals surface area contributed by atoms with Gasteiger partial charge in [-0.25, -0.2) is 0 Å². The third-order valence-electron chi connectivity index (χ3n) is 3.45. The van der Waals surface area contributed by atoms with Crippen molar-refractivity contribution in [3.63, 3.8) is 0 Å². The minimum absolute atomic E-state index is 0. The Labute approximate surface area is 170 Å². The van der Waals surface area contributed by atoms with E-state index in [9.17, 15) is 4.79 Å². The van der Waals surface area contributed by atoms with Crippen molar-refractivity contribution in [2.75, 3.05) is 20.1 Å². The number of carbonyl (C=O) groups is 1. The fraction of sp³-hybridized carbons (Fsp3) is 0.333. The van der Waals surface area contributed by atoms with Crippen molar-refractivity contribution in [2.45, 2.75) is 19.9 Å². The quantitative estimate of drug-likeness (QED) is 0.330. The molecular formula is C18H25IN4OS. The average Bonchev–Trinajstić information content (AvgIpc) is 3.12. The van der Waals surface area contributed by atoms with Gasteiger partial charge >= 0.3 is 0 Å². The number of aliphatic imine (C=N–C) groups is 1. The Morgan fingerprint density at radius 2 is 2.00 bits per heavy atom. The van der Waals surface area contributed by atoms with Gasteiger partial charge in [-0.05, 0) is 42.5 Å². The highest BCUT2D eigenvalue weighted by molar-refractivity contribution is 14.0. The molecule has 0 unspecified atom stereocenters. The summed E-state index contributed by atoms with van der Waals surface area (Å²) >= 11 is 1.76. The third kappa shape index (κ3) is 7.43. The number of thiophene rings is 1. The highest BCUT2D eigenvalue weighted by atomic mass is 127. The first kappa shape index (κ1) is 21.4. The molecule has 0 radical (unpaired) electrons. The van der Waals surface area contributed by atoms with Gasteiger partial charge in [-0.2, -0.15) is 0 Å². The zero-order valence-corrected chi connectivity index (χ0v) is 17.7. The van der Waals surface area contributed by atoms with Crippen LogP contribution in [0.3, 0.4) is 0 Å². The largest absolute Gasteiger partial charge is 0.356 e. The molecule has 0 aliphatic heterocycles. The lowest BCUT2D eigenvalue weighted by Gasteiger charge is -2.12. The van der Waals surface area contributed by atoms with Gasteiger partial charge in [0.25, 0.3) is 5.91 Å². The molecule has 0 bridgehead atoms. The van der Waals surface area contributed by atoms with Crippen molar-refractivity contribution in [3.05, 3.63) is 57.8 Å². The molecule has 25 heavy (non-hydrogen) atoms. The van der Waals surface area contributed by atoms with Gasteiger partial charge in [-0.15, -0.1) is 35.3 Å². The van der Waals surface area contributed by atoms with Crippen molar-refractivity contribution in [2.24, 2.45) is 4.99 Å². The fourth-order valence-electron chi connectivity index (χ4n) is 2.25. The number of hydrogen-bond donors (Lipinski definition) is 3. The maximum absolute atomic E-state index is 11.9. The monoisotopic (exact) mass is 472 g/mol. The van der Waals surface area contributed by atoms with Crippen LogP contribution in [0.1, 0.15) is 27.7 Å². The van der Waals surface area contributed by atoms with Gasteiger partial charge < -0.3 is 16.0 Å². The second-order valence-corrected chi connectivity index (χ2v) is 6.27. The van der Waals surface area contributed by atoms with E-state index in [1.54, 1.807) is 18.4 Å². The highest BCUT2D eigenvalue weighted by Crippen LogP contribution is 2.08. The lowest BCUT2D eigenvalue weighted by Crippen LogP contribution is -2.37. The Balaban J connectivity index is 0.00000312. The number of guanidine groups is 1. The van der Waals surface area contributed by atoms with Crippen LogP contribution in [0.2, 0.25) is 0 Å². The minimum atomic E-state index is -0.0437. The molecule has 1 aromatic carbocycles. The Morgan fingerprint density at radius 1 is 1.16 bits per heavy atom. The summed E-state index contributed by atoms with van der Waals surface area (Å²) in [5.74, 6) is 0.716. The van der Waals surface area contributed by atoms with E-state index in [0.29, 0.717) is 18.7 Å². The molecule has 1 heterocycles. The van der Waals surface area contributed by atoms with Gasteiger partial charge in [0.05, 0.1) is 0 Å². The number of hydrogen-bond acceptors (Lipinski definition) is 3. The van der Waals surface area contributed by atoms with Crippen molar-refractivity contribution in [1.82, 2.24) is 16.0 Å². The summed E-state index contributed by atoms with van der Waals surface area (Å²) in [4.78, 5) is 17.5. The highest BCUT2D eigenvalue weighted by Gasteiger charge is 2.05. The van der Waals surface area contributed by atoms with Gasteiger partial charge in [0, 0.05) is 37.1 Å². The number of amides is 1. The molecule has 5 nitrogen and oxygen atoms in total. The fourth-order valence-corrected chi connectivity index (χ4v) is 2.96. The van der Waals surface area contributed by atoms with E-state index < -0.39 is 0 Å². The first-order valence-corrected chi connectivity index (χ1v) is 8.95. The molecular weight excluding hydrogens is 447 g/mol. The molecule has 136 valence electrons. The second kappa shape index (κ2) is 11.9. The Kier molecular flexibility index (Phi) is 10.2. The SMILES string of the molecule is CCNC(=O)c1cccc(CNC(=NC)NCCc2cccs2)c1.I. The van der Waals surface area contributed by atoms with Gasteiger partial charge in [0.15, 0.2) is 5.96 Å². The van der Waals surface area contributed by atoms with Gasteiger partial charge in [0.1, 0.15) is 0 Å². The lowest BCUT2D eigenvalue weighted by molar-refractivity contribution is 0.0955. The van der Waals surface area contributed by atoms with Gasteiger partial charge in [-0.1, -0.05) is 18.2 Å². The van der Waals surface area contributed by atoms with Crippen LogP contribution < -0.4 is 16.0 Å². The Bertz CT molecular complexity index is 673. The molecule has 0 aliphatic rings. The number of rotatable bonds is 7. The molecule has 3 N–H and O–H groups in total. The zero-order valence-electron chi connectivity index (χ0n) is 14.5. The number of benzene rings is 1. The van der Waals surface area contributed by atoms with E-state index in [2.05, 4.69) is 38.5 Å². The van der Waals surface area contributed by atoms with Gasteiger partial charge in [-0.3, -0.25) is 9.79 Å². The second-order valence-electron chi connectivity index (χ2n) is 5.24. The summed E-state index contributed by atoms with van der Waals surface area (Å²) in [6, 6.07) is 11.8. The summed E-state index contributed by atoms with van der Waals surface area (Å²) in [7, 11) is 1.76. The maximum Gasteiger partial charge on any atom is 0.251 e. The lowest BCUT2D eigenvalue weighted by atomic mass is 10.1. The standard InChI is InChI=1S/C18H24N4OS.HI/c1-3-20-17(23)15-7-4-6-14(12-15)13-22-18(19-2)21-10-9-16-8-5-11-24-16;/h4-8,11-12H,3,9-10,13H2,1-2H3,(H,20,23)(H2,19,21,22);1H. The van der Waals surface area contributed by atoms with Crippen molar-refractivity contribution >= 4 is 47.2 Å². The number of carbonyl (C=O) groups excluding carboxylic acids is 1. The van der Waals surface area contributed by atoms with Crippen LogP contribution in [-0.2, 0) is 13.0 Å². The van der Waals surface area contributed by atoms with Crippen LogP contribution in [0.4, 0.5) is 0 Å². The molecule has 0 aliphatic carbocycles. The molecule has 2 rings (SSSR count). The predicted octanol–water partition coefficient (Wildman–Crippen LogP) is 3.02.